The van der Waals surface area contributed by atoms with E-state index in [4.69, 9.17) is 32.7 Å². The van der Waals surface area contributed by atoms with Gasteiger partial charge in [-0.1, -0.05) is 23.2 Å². The second-order valence-corrected chi connectivity index (χ2v) is 4.27. The van der Waals surface area contributed by atoms with E-state index in [2.05, 4.69) is 0 Å². The summed E-state index contributed by atoms with van der Waals surface area (Å²) in [5.74, 6) is -2.17. The third kappa shape index (κ3) is 1.38. The number of hydrogen-bond donors (Lipinski definition) is 1. The smallest absolute Gasteiger partial charge is 0.343 e. The Balaban J connectivity index is 2.80. The van der Waals surface area contributed by atoms with E-state index in [9.17, 15) is 9.90 Å². The SMILES string of the molecule is COC1(C)OC(=O)c2c(Cl)c(Cl)cc(O)c21. The lowest BCUT2D eigenvalue weighted by molar-refractivity contribution is -0.173. The molecule has 6 heteroatoms. The highest BCUT2D eigenvalue weighted by atomic mass is 35.5. The van der Waals surface area contributed by atoms with Gasteiger partial charge in [-0.2, -0.15) is 0 Å². The lowest BCUT2D eigenvalue weighted by Crippen LogP contribution is -2.24. The molecule has 2 rings (SSSR count). The standard InChI is InChI=1S/C10H8Cl2O4/c1-10(15-2)7-5(13)3-4(11)8(12)6(7)9(14)16-10/h3,13H,1-2H3. The van der Waals surface area contributed by atoms with Crippen molar-refractivity contribution in [3.05, 3.63) is 27.2 Å². The number of ether oxygens (including phenoxy) is 2. The van der Waals surface area contributed by atoms with Crippen molar-refractivity contribution in [2.45, 2.75) is 12.7 Å². The predicted octanol–water partition coefficient (Wildman–Crippen LogP) is 2.69. The average molecular weight is 263 g/mol. The summed E-state index contributed by atoms with van der Waals surface area (Å²) in [6.45, 7) is 1.51. The Morgan fingerprint density at radius 3 is 2.69 bits per heavy atom. The molecule has 1 heterocycles. The van der Waals surface area contributed by atoms with Crippen LogP contribution in [0.4, 0.5) is 0 Å². The fraction of sp³-hybridized carbons (Fsp3) is 0.300. The number of fused-ring (bicyclic) bond motifs is 1. The van der Waals surface area contributed by atoms with Gasteiger partial charge in [-0.05, 0) is 0 Å². The first-order valence-corrected chi connectivity index (χ1v) is 5.16. The van der Waals surface area contributed by atoms with Crippen LogP contribution >= 0.6 is 23.2 Å². The van der Waals surface area contributed by atoms with Gasteiger partial charge in [-0.25, -0.2) is 4.79 Å². The molecule has 0 aromatic heterocycles. The first-order valence-electron chi connectivity index (χ1n) is 4.40. The number of carbonyl (C=O) groups excluding carboxylic acids is 1. The van der Waals surface area contributed by atoms with Crippen LogP contribution in [-0.2, 0) is 15.3 Å². The summed E-state index contributed by atoms with van der Waals surface area (Å²) in [7, 11) is 1.37. The first kappa shape index (κ1) is 11.5. The van der Waals surface area contributed by atoms with E-state index in [1.165, 1.54) is 20.1 Å². The number of methoxy groups -OCH3 is 1. The number of carbonyl (C=O) groups is 1. The van der Waals surface area contributed by atoms with Crippen LogP contribution in [0.25, 0.3) is 0 Å². The summed E-state index contributed by atoms with van der Waals surface area (Å²) in [6, 6.07) is 1.25. The van der Waals surface area contributed by atoms with Gasteiger partial charge in [-0.15, -0.1) is 0 Å². The first-order chi connectivity index (χ1) is 7.40. The molecule has 0 bridgehead atoms. The van der Waals surface area contributed by atoms with Crippen LogP contribution in [0, 0.1) is 0 Å². The van der Waals surface area contributed by atoms with Crippen LogP contribution in [0.15, 0.2) is 6.07 Å². The number of cyclic esters (lactones) is 1. The van der Waals surface area contributed by atoms with E-state index in [1.54, 1.807) is 0 Å². The number of aromatic hydroxyl groups is 1. The van der Waals surface area contributed by atoms with E-state index in [0.29, 0.717) is 0 Å². The van der Waals surface area contributed by atoms with Crippen molar-refractivity contribution in [1.82, 2.24) is 0 Å². The second kappa shape index (κ2) is 3.52. The third-order valence-electron chi connectivity index (χ3n) is 2.53. The molecule has 1 N–H and O–H groups in total. The van der Waals surface area contributed by atoms with E-state index in [0.717, 1.165) is 0 Å². The van der Waals surface area contributed by atoms with E-state index in [1.807, 2.05) is 0 Å². The van der Waals surface area contributed by atoms with Gasteiger partial charge in [0.15, 0.2) is 0 Å². The Kier molecular flexibility index (Phi) is 2.53. The van der Waals surface area contributed by atoms with Crippen LogP contribution in [-0.4, -0.2) is 18.2 Å². The number of halogens is 2. The average Bonchev–Trinajstić information content (AvgIpc) is 2.48. The molecule has 0 saturated heterocycles. The van der Waals surface area contributed by atoms with Crippen molar-refractivity contribution in [3.63, 3.8) is 0 Å². The van der Waals surface area contributed by atoms with Crippen LogP contribution in [0.2, 0.25) is 10.0 Å². The summed E-state index contributed by atoms with van der Waals surface area (Å²) in [5.41, 5.74) is 0.255. The quantitative estimate of drug-likeness (QED) is 0.791. The van der Waals surface area contributed by atoms with Gasteiger partial charge in [0, 0.05) is 20.1 Å². The molecule has 0 aliphatic carbocycles. The molecule has 4 nitrogen and oxygen atoms in total. The number of phenolic OH excluding ortho intramolecular Hbond substituents is 1. The summed E-state index contributed by atoms with van der Waals surface area (Å²) in [4.78, 5) is 11.6. The van der Waals surface area contributed by atoms with Crippen LogP contribution in [0.1, 0.15) is 22.8 Å². The molecule has 1 aliphatic rings. The van der Waals surface area contributed by atoms with Gasteiger partial charge in [0.05, 0.1) is 21.2 Å². The molecule has 0 fully saturated rings. The summed E-state index contributed by atoms with van der Waals surface area (Å²) >= 11 is 11.6. The fourth-order valence-electron chi connectivity index (χ4n) is 1.69. The molecule has 0 radical (unpaired) electrons. The van der Waals surface area contributed by atoms with Crippen molar-refractivity contribution in [2.24, 2.45) is 0 Å². The van der Waals surface area contributed by atoms with E-state index < -0.39 is 11.8 Å². The molecular formula is C10H8Cl2O4. The molecule has 16 heavy (non-hydrogen) atoms. The maximum absolute atomic E-state index is 11.6. The number of benzene rings is 1. The van der Waals surface area contributed by atoms with Crippen molar-refractivity contribution < 1.29 is 19.4 Å². The van der Waals surface area contributed by atoms with Gasteiger partial charge < -0.3 is 14.6 Å². The maximum atomic E-state index is 11.6. The zero-order chi connectivity index (χ0) is 12.1. The monoisotopic (exact) mass is 262 g/mol. The molecular weight excluding hydrogens is 255 g/mol. The fourth-order valence-corrected chi connectivity index (χ4v) is 2.11. The topological polar surface area (TPSA) is 55.8 Å². The van der Waals surface area contributed by atoms with Crippen LogP contribution < -0.4 is 0 Å². The molecule has 0 saturated carbocycles. The molecule has 1 aromatic rings. The van der Waals surface area contributed by atoms with Gasteiger partial charge in [-0.3, -0.25) is 0 Å². The van der Waals surface area contributed by atoms with Gasteiger partial charge in [0.2, 0.25) is 5.79 Å². The molecule has 1 aliphatic heterocycles. The Morgan fingerprint density at radius 1 is 1.50 bits per heavy atom. The normalized spacial score (nSPS) is 23.1. The highest BCUT2D eigenvalue weighted by Gasteiger charge is 2.46. The van der Waals surface area contributed by atoms with E-state index in [-0.39, 0.29) is 26.9 Å². The molecule has 86 valence electrons. The highest BCUT2D eigenvalue weighted by molar-refractivity contribution is 6.44. The second-order valence-electron chi connectivity index (χ2n) is 3.48. The summed E-state index contributed by atoms with van der Waals surface area (Å²) in [5, 5.41) is 9.91. The highest BCUT2D eigenvalue weighted by Crippen LogP contribution is 2.47. The maximum Gasteiger partial charge on any atom is 0.343 e. The zero-order valence-corrected chi connectivity index (χ0v) is 10.0. The van der Waals surface area contributed by atoms with Gasteiger partial charge in [0.25, 0.3) is 0 Å². The van der Waals surface area contributed by atoms with Crippen molar-refractivity contribution in [3.8, 4) is 5.75 Å². The Hall–Kier alpha value is -0.970. The van der Waals surface area contributed by atoms with Crippen LogP contribution in [0.5, 0.6) is 5.75 Å². The van der Waals surface area contributed by atoms with Crippen LogP contribution in [0.3, 0.4) is 0 Å². The number of phenols is 1. The lowest BCUT2D eigenvalue weighted by atomic mass is 10.0. The minimum absolute atomic E-state index is 0.0519. The third-order valence-corrected chi connectivity index (χ3v) is 3.32. The molecule has 1 aromatic carbocycles. The molecule has 0 spiro atoms. The van der Waals surface area contributed by atoms with E-state index >= 15 is 0 Å². The Bertz CT molecular complexity index is 486. The zero-order valence-electron chi connectivity index (χ0n) is 8.51. The minimum Gasteiger partial charge on any atom is -0.507 e. The number of esters is 1. The van der Waals surface area contributed by atoms with Gasteiger partial charge in [0.1, 0.15) is 5.75 Å². The molecule has 0 amide bonds. The van der Waals surface area contributed by atoms with Crippen molar-refractivity contribution in [2.75, 3.05) is 7.11 Å². The van der Waals surface area contributed by atoms with Gasteiger partial charge >= 0.3 is 5.97 Å². The summed E-state index contributed by atoms with van der Waals surface area (Å²) < 4.78 is 10.1. The van der Waals surface area contributed by atoms with Crippen molar-refractivity contribution in [1.29, 1.82) is 0 Å². The number of hydrogen-bond acceptors (Lipinski definition) is 4. The summed E-state index contributed by atoms with van der Waals surface area (Å²) in [6.07, 6.45) is 0. The Morgan fingerprint density at radius 2 is 2.12 bits per heavy atom. The minimum atomic E-state index is -1.33. The lowest BCUT2D eigenvalue weighted by Gasteiger charge is -2.22. The molecule has 1 atom stereocenters. The molecule has 1 unspecified atom stereocenters. The largest absolute Gasteiger partial charge is 0.507 e. The van der Waals surface area contributed by atoms with Crippen molar-refractivity contribution >= 4 is 29.2 Å². The Labute approximate surface area is 102 Å². The predicted molar refractivity (Wildman–Crippen MR) is 57.9 cm³/mol. The number of rotatable bonds is 1.